The molecule has 2 atom stereocenters. The van der Waals surface area contributed by atoms with Crippen LogP contribution in [0.3, 0.4) is 0 Å². The summed E-state index contributed by atoms with van der Waals surface area (Å²) in [5.41, 5.74) is 0.444. The van der Waals surface area contributed by atoms with Crippen molar-refractivity contribution in [3.05, 3.63) is 17.5 Å². The first-order chi connectivity index (χ1) is 8.50. The fourth-order valence-corrected chi connectivity index (χ4v) is 2.62. The van der Waals surface area contributed by atoms with Crippen LogP contribution in [-0.4, -0.2) is 28.0 Å². The molecule has 1 amide bonds. The predicted molar refractivity (Wildman–Crippen MR) is 69.5 cm³/mol. The molecule has 100 valence electrons. The van der Waals surface area contributed by atoms with Crippen LogP contribution in [0, 0.1) is 0 Å². The molecule has 1 aliphatic heterocycles. The quantitative estimate of drug-likeness (QED) is 0.809. The lowest BCUT2D eigenvalue weighted by Crippen LogP contribution is -2.47. The molecular weight excluding hydrogens is 228 g/mol. The maximum absolute atomic E-state index is 12.5. The van der Waals surface area contributed by atoms with Crippen LogP contribution in [0.25, 0.3) is 0 Å². The molecule has 0 radical (unpaired) electrons. The number of hydrogen-bond donors (Lipinski definition) is 0. The van der Waals surface area contributed by atoms with Gasteiger partial charge in [0.1, 0.15) is 5.76 Å². The molecule has 1 fully saturated rings. The molecule has 1 aromatic heterocycles. The third-order valence-corrected chi connectivity index (χ3v) is 3.74. The molecule has 0 N–H and O–H groups in total. The van der Waals surface area contributed by atoms with Crippen LogP contribution in [0.5, 0.6) is 0 Å². The van der Waals surface area contributed by atoms with Crippen molar-refractivity contribution in [3.8, 4) is 0 Å². The summed E-state index contributed by atoms with van der Waals surface area (Å²) in [4.78, 5) is 14.4. The maximum atomic E-state index is 12.5. The molecule has 1 aliphatic rings. The Balaban J connectivity index is 2.18. The van der Waals surface area contributed by atoms with Crippen molar-refractivity contribution in [3.63, 3.8) is 0 Å². The van der Waals surface area contributed by atoms with E-state index in [-0.39, 0.29) is 11.8 Å². The molecular formula is C14H22N2O2. The Bertz CT molecular complexity index is 415. The van der Waals surface area contributed by atoms with E-state index in [1.807, 2.05) is 18.7 Å². The van der Waals surface area contributed by atoms with Gasteiger partial charge >= 0.3 is 0 Å². The summed E-state index contributed by atoms with van der Waals surface area (Å²) in [5, 5.41) is 3.92. The van der Waals surface area contributed by atoms with Gasteiger partial charge in [-0.1, -0.05) is 19.0 Å². The van der Waals surface area contributed by atoms with Crippen LogP contribution < -0.4 is 0 Å². The molecule has 18 heavy (non-hydrogen) atoms. The molecule has 0 aromatic carbocycles. The highest BCUT2D eigenvalue weighted by molar-refractivity contribution is 5.92. The Kier molecular flexibility index (Phi) is 3.73. The number of carbonyl (C=O) groups is 1. The number of likely N-dealkylation sites (tertiary alicyclic amines) is 1. The lowest BCUT2D eigenvalue weighted by Gasteiger charge is -2.38. The van der Waals surface area contributed by atoms with Crippen molar-refractivity contribution in [2.75, 3.05) is 0 Å². The van der Waals surface area contributed by atoms with Gasteiger partial charge in [0.05, 0.1) is 0 Å². The second-order valence-corrected chi connectivity index (χ2v) is 5.61. The molecule has 0 aliphatic carbocycles. The summed E-state index contributed by atoms with van der Waals surface area (Å²) in [6.07, 6.45) is 3.35. The zero-order valence-electron chi connectivity index (χ0n) is 11.6. The second kappa shape index (κ2) is 5.12. The number of nitrogens with zero attached hydrogens (tertiary/aromatic N) is 2. The standard InChI is InChI=1S/C14H22N2O2/c1-9(2)13-8-12(15-18-13)14(17)16-10(3)6-5-7-11(16)4/h8-11H,5-7H2,1-4H3/t10-,11+. The Labute approximate surface area is 108 Å². The third-order valence-electron chi connectivity index (χ3n) is 3.74. The van der Waals surface area contributed by atoms with Gasteiger partial charge in [-0.3, -0.25) is 4.79 Å². The van der Waals surface area contributed by atoms with E-state index in [1.165, 1.54) is 6.42 Å². The Morgan fingerprint density at radius 3 is 2.50 bits per heavy atom. The summed E-state index contributed by atoms with van der Waals surface area (Å²) in [5.74, 6) is 1.04. The smallest absolute Gasteiger partial charge is 0.276 e. The third kappa shape index (κ3) is 2.42. The van der Waals surface area contributed by atoms with Gasteiger partial charge < -0.3 is 9.42 Å². The topological polar surface area (TPSA) is 46.3 Å². The van der Waals surface area contributed by atoms with E-state index in [4.69, 9.17) is 4.52 Å². The molecule has 2 rings (SSSR count). The lowest BCUT2D eigenvalue weighted by molar-refractivity contribution is 0.0500. The summed E-state index contributed by atoms with van der Waals surface area (Å²) < 4.78 is 5.21. The predicted octanol–water partition coefficient (Wildman–Crippen LogP) is 3.20. The normalized spacial score (nSPS) is 24.6. The highest BCUT2D eigenvalue weighted by atomic mass is 16.5. The number of piperidine rings is 1. The molecule has 1 aromatic rings. The monoisotopic (exact) mass is 250 g/mol. The van der Waals surface area contributed by atoms with Crippen LogP contribution in [0.15, 0.2) is 10.6 Å². The van der Waals surface area contributed by atoms with Crippen LogP contribution >= 0.6 is 0 Å². The number of hydrogen-bond acceptors (Lipinski definition) is 3. The van der Waals surface area contributed by atoms with Gasteiger partial charge in [-0.05, 0) is 33.1 Å². The SMILES string of the molecule is CC(C)c1cc(C(=O)N2[C@H](C)CCC[C@@H]2C)no1. The Hall–Kier alpha value is -1.32. The number of carbonyl (C=O) groups excluding carboxylic acids is 1. The van der Waals surface area contributed by atoms with Crippen molar-refractivity contribution in [1.82, 2.24) is 10.1 Å². The van der Waals surface area contributed by atoms with Crippen molar-refractivity contribution in [2.24, 2.45) is 0 Å². The fraction of sp³-hybridized carbons (Fsp3) is 0.714. The van der Waals surface area contributed by atoms with Crippen LogP contribution in [0.2, 0.25) is 0 Å². The number of aromatic nitrogens is 1. The number of rotatable bonds is 2. The van der Waals surface area contributed by atoms with Gasteiger partial charge in [-0.25, -0.2) is 0 Å². The summed E-state index contributed by atoms with van der Waals surface area (Å²) in [6.45, 7) is 8.27. The molecule has 4 nitrogen and oxygen atoms in total. The highest BCUT2D eigenvalue weighted by Gasteiger charge is 2.31. The average Bonchev–Trinajstić information content (AvgIpc) is 2.77. The second-order valence-electron chi connectivity index (χ2n) is 5.61. The lowest BCUT2D eigenvalue weighted by atomic mass is 9.97. The van der Waals surface area contributed by atoms with E-state index in [2.05, 4.69) is 19.0 Å². The summed E-state index contributed by atoms with van der Waals surface area (Å²) in [7, 11) is 0. The minimum Gasteiger partial charge on any atom is -0.360 e. The Morgan fingerprint density at radius 2 is 2.00 bits per heavy atom. The molecule has 0 saturated carbocycles. The van der Waals surface area contributed by atoms with Gasteiger partial charge in [-0.15, -0.1) is 0 Å². The van der Waals surface area contributed by atoms with E-state index in [0.29, 0.717) is 17.8 Å². The Morgan fingerprint density at radius 1 is 1.39 bits per heavy atom. The summed E-state index contributed by atoms with van der Waals surface area (Å²) >= 11 is 0. The van der Waals surface area contributed by atoms with Crippen molar-refractivity contribution < 1.29 is 9.32 Å². The average molecular weight is 250 g/mol. The molecule has 0 bridgehead atoms. The van der Waals surface area contributed by atoms with Crippen molar-refractivity contribution >= 4 is 5.91 Å². The molecule has 4 heteroatoms. The van der Waals surface area contributed by atoms with Crippen LogP contribution in [0.1, 0.15) is 69.1 Å². The molecule has 1 saturated heterocycles. The fourth-order valence-electron chi connectivity index (χ4n) is 2.62. The van der Waals surface area contributed by atoms with Gasteiger partial charge in [0.2, 0.25) is 0 Å². The van der Waals surface area contributed by atoms with Crippen molar-refractivity contribution in [2.45, 2.75) is 65.0 Å². The van der Waals surface area contributed by atoms with Gasteiger partial charge in [0.15, 0.2) is 5.69 Å². The van der Waals surface area contributed by atoms with E-state index in [1.54, 1.807) is 6.07 Å². The zero-order chi connectivity index (χ0) is 13.3. The first kappa shape index (κ1) is 13.1. The van der Waals surface area contributed by atoms with E-state index in [0.717, 1.165) is 18.6 Å². The van der Waals surface area contributed by atoms with Crippen molar-refractivity contribution in [1.29, 1.82) is 0 Å². The first-order valence-electron chi connectivity index (χ1n) is 6.80. The highest BCUT2D eigenvalue weighted by Crippen LogP contribution is 2.25. The van der Waals surface area contributed by atoms with Gasteiger partial charge in [0, 0.05) is 24.1 Å². The zero-order valence-corrected chi connectivity index (χ0v) is 11.6. The van der Waals surface area contributed by atoms with Gasteiger partial charge in [0.25, 0.3) is 5.91 Å². The number of amides is 1. The minimum atomic E-state index is 0.00495. The first-order valence-corrected chi connectivity index (χ1v) is 6.80. The molecule has 0 unspecified atom stereocenters. The molecule has 2 heterocycles. The summed E-state index contributed by atoms with van der Waals surface area (Å²) in [6, 6.07) is 2.36. The largest absolute Gasteiger partial charge is 0.360 e. The van der Waals surface area contributed by atoms with Gasteiger partial charge in [-0.2, -0.15) is 0 Å². The van der Waals surface area contributed by atoms with Crippen LogP contribution in [-0.2, 0) is 0 Å². The van der Waals surface area contributed by atoms with Crippen LogP contribution in [0.4, 0.5) is 0 Å². The van der Waals surface area contributed by atoms with E-state index in [9.17, 15) is 4.79 Å². The van der Waals surface area contributed by atoms with E-state index < -0.39 is 0 Å². The molecule has 0 spiro atoms. The maximum Gasteiger partial charge on any atom is 0.276 e. The van der Waals surface area contributed by atoms with E-state index >= 15 is 0 Å². The minimum absolute atomic E-state index is 0.00495.